The first-order valence-corrected chi connectivity index (χ1v) is 11.0. The Morgan fingerprint density at radius 1 is 1.06 bits per heavy atom. The number of aromatic nitrogens is 2. The van der Waals surface area contributed by atoms with Crippen LogP contribution in [0, 0.1) is 5.92 Å². The van der Waals surface area contributed by atoms with Gasteiger partial charge in [-0.3, -0.25) is 9.69 Å². The molecule has 4 heterocycles. The van der Waals surface area contributed by atoms with Crippen molar-refractivity contribution in [3.8, 4) is 11.4 Å². The van der Waals surface area contributed by atoms with Crippen LogP contribution in [0.3, 0.4) is 0 Å². The number of benzene rings is 2. The normalized spacial score (nSPS) is 27.5. The molecule has 0 radical (unpaired) electrons. The summed E-state index contributed by atoms with van der Waals surface area (Å²) in [4.78, 5) is 23.0. The molecule has 1 amide bonds. The van der Waals surface area contributed by atoms with Crippen LogP contribution in [0.25, 0.3) is 5.69 Å². The summed E-state index contributed by atoms with van der Waals surface area (Å²) in [7, 11) is 1.68. The molecule has 6 nitrogen and oxygen atoms in total. The van der Waals surface area contributed by atoms with Crippen LogP contribution < -0.4 is 9.64 Å². The van der Waals surface area contributed by atoms with Crippen LogP contribution in [-0.4, -0.2) is 46.1 Å². The van der Waals surface area contributed by atoms with Gasteiger partial charge < -0.3 is 14.2 Å². The molecule has 0 N–H and O–H groups in total. The summed E-state index contributed by atoms with van der Waals surface area (Å²) in [6, 6.07) is 18.3. The molecule has 1 spiro atoms. The van der Waals surface area contributed by atoms with Crippen LogP contribution in [0.1, 0.15) is 31.1 Å². The van der Waals surface area contributed by atoms with Gasteiger partial charge in [0.05, 0.1) is 13.2 Å². The summed E-state index contributed by atoms with van der Waals surface area (Å²) >= 11 is 0. The number of nitrogens with zero attached hydrogens (tertiary/aromatic N) is 4. The first-order chi connectivity index (χ1) is 15.2. The summed E-state index contributed by atoms with van der Waals surface area (Å²) in [5.74, 6) is 2.46. The van der Waals surface area contributed by atoms with E-state index in [4.69, 9.17) is 9.72 Å². The Bertz CT molecular complexity index is 1110. The van der Waals surface area contributed by atoms with E-state index in [2.05, 4.69) is 21.6 Å². The van der Waals surface area contributed by atoms with Crippen LogP contribution in [0.2, 0.25) is 0 Å². The van der Waals surface area contributed by atoms with Gasteiger partial charge in [-0.1, -0.05) is 18.2 Å². The second-order valence-electron chi connectivity index (χ2n) is 8.77. The highest BCUT2D eigenvalue weighted by atomic mass is 16.5. The monoisotopic (exact) mass is 414 g/mol. The van der Waals surface area contributed by atoms with Gasteiger partial charge in [-0.05, 0) is 55.7 Å². The molecule has 3 saturated heterocycles. The number of para-hydroxylation sites is 1. The molecule has 0 unspecified atom stereocenters. The molecule has 6 rings (SSSR count). The van der Waals surface area contributed by atoms with Gasteiger partial charge >= 0.3 is 0 Å². The molecule has 3 aliphatic rings. The molecule has 3 aliphatic heterocycles. The predicted octanol–water partition coefficient (Wildman–Crippen LogP) is 3.82. The van der Waals surface area contributed by atoms with Crippen molar-refractivity contribution in [1.82, 2.24) is 14.5 Å². The first kappa shape index (κ1) is 18.6. The number of carbonyl (C=O) groups excluding carboxylic acids is 1. The topological polar surface area (TPSA) is 50.6 Å². The number of imidazole rings is 1. The van der Waals surface area contributed by atoms with Crippen LogP contribution in [0.5, 0.6) is 5.75 Å². The molecule has 6 heteroatoms. The zero-order valence-electron chi connectivity index (χ0n) is 17.6. The third kappa shape index (κ3) is 2.61. The Labute approximate surface area is 182 Å². The Balaban J connectivity index is 1.35. The van der Waals surface area contributed by atoms with Gasteiger partial charge in [-0.25, -0.2) is 4.98 Å². The van der Waals surface area contributed by atoms with E-state index in [0.717, 1.165) is 55.3 Å². The lowest BCUT2D eigenvalue weighted by atomic mass is 9.85. The highest BCUT2D eigenvalue weighted by Gasteiger charge is 2.66. The maximum Gasteiger partial charge on any atom is 0.247 e. The summed E-state index contributed by atoms with van der Waals surface area (Å²) in [5, 5.41) is 0. The molecule has 0 bridgehead atoms. The molecule has 31 heavy (non-hydrogen) atoms. The van der Waals surface area contributed by atoms with Crippen molar-refractivity contribution in [2.45, 2.75) is 30.8 Å². The molecule has 0 aliphatic carbocycles. The molecule has 1 aromatic heterocycles. The van der Waals surface area contributed by atoms with E-state index in [1.54, 1.807) is 7.11 Å². The van der Waals surface area contributed by atoms with Gasteiger partial charge in [0.1, 0.15) is 17.1 Å². The molecular weight excluding hydrogens is 388 g/mol. The van der Waals surface area contributed by atoms with E-state index >= 15 is 0 Å². The molecule has 3 aromatic rings. The standard InChI is InChI=1S/C25H26N4O2/c1-31-21-10-8-20(9-11-21)27-15-13-26-23(27)22-16-18-17-28(19-6-3-2-4-7-19)24(30)25(18)12-5-14-29(22)25/h2-4,6-11,13,15,18,22H,5,12,14,16-17H2,1H3/t18-,22-,25-/m0/s1. The minimum Gasteiger partial charge on any atom is -0.497 e. The average Bonchev–Trinajstić information content (AvgIpc) is 3.57. The Kier molecular flexibility index (Phi) is 4.18. The quantitative estimate of drug-likeness (QED) is 0.651. The van der Waals surface area contributed by atoms with Gasteiger partial charge in [0, 0.05) is 42.8 Å². The Hall–Kier alpha value is -3.12. The van der Waals surface area contributed by atoms with Crippen LogP contribution in [0.15, 0.2) is 67.0 Å². The van der Waals surface area contributed by atoms with Gasteiger partial charge in [0.15, 0.2) is 0 Å². The highest BCUT2D eigenvalue weighted by Crippen LogP contribution is 2.56. The number of hydrogen-bond donors (Lipinski definition) is 0. The minimum atomic E-state index is -0.378. The number of methoxy groups -OCH3 is 1. The maximum atomic E-state index is 13.8. The van der Waals surface area contributed by atoms with Crippen molar-refractivity contribution in [3.05, 3.63) is 72.8 Å². The third-order valence-corrected chi connectivity index (χ3v) is 7.43. The number of hydrogen-bond acceptors (Lipinski definition) is 4. The molecule has 158 valence electrons. The van der Waals surface area contributed by atoms with Crippen molar-refractivity contribution in [2.75, 3.05) is 25.1 Å². The second kappa shape index (κ2) is 6.95. The summed E-state index contributed by atoms with van der Waals surface area (Å²) in [6.45, 7) is 1.74. The molecule has 3 atom stereocenters. The fourth-order valence-electron chi connectivity index (χ4n) is 6.09. The van der Waals surface area contributed by atoms with E-state index in [1.165, 1.54) is 0 Å². The lowest BCUT2D eigenvalue weighted by Gasteiger charge is -2.33. The number of rotatable bonds is 4. The fraction of sp³-hybridized carbons (Fsp3) is 0.360. The van der Waals surface area contributed by atoms with Gasteiger partial charge in [0.2, 0.25) is 5.91 Å². The second-order valence-corrected chi connectivity index (χ2v) is 8.77. The van der Waals surface area contributed by atoms with Crippen molar-refractivity contribution in [1.29, 1.82) is 0 Å². The summed E-state index contributed by atoms with van der Waals surface area (Å²) < 4.78 is 7.47. The zero-order valence-corrected chi connectivity index (χ0v) is 17.6. The van der Waals surface area contributed by atoms with Crippen molar-refractivity contribution >= 4 is 11.6 Å². The van der Waals surface area contributed by atoms with E-state index in [-0.39, 0.29) is 17.5 Å². The lowest BCUT2D eigenvalue weighted by Crippen LogP contribution is -2.50. The first-order valence-electron chi connectivity index (χ1n) is 11.0. The molecule has 2 aromatic carbocycles. The Morgan fingerprint density at radius 3 is 2.65 bits per heavy atom. The van der Waals surface area contributed by atoms with Gasteiger partial charge in [0.25, 0.3) is 0 Å². The smallest absolute Gasteiger partial charge is 0.247 e. The third-order valence-electron chi connectivity index (χ3n) is 7.43. The number of anilines is 1. The number of carbonyl (C=O) groups is 1. The zero-order chi connectivity index (χ0) is 21.0. The van der Waals surface area contributed by atoms with E-state index in [1.807, 2.05) is 59.8 Å². The Morgan fingerprint density at radius 2 is 1.87 bits per heavy atom. The van der Waals surface area contributed by atoms with Gasteiger partial charge in [-0.15, -0.1) is 0 Å². The number of amides is 1. The van der Waals surface area contributed by atoms with Crippen LogP contribution in [-0.2, 0) is 4.79 Å². The predicted molar refractivity (Wildman–Crippen MR) is 118 cm³/mol. The average molecular weight is 415 g/mol. The number of ether oxygens (including phenoxy) is 1. The van der Waals surface area contributed by atoms with Crippen LogP contribution in [0.4, 0.5) is 5.69 Å². The molecule has 3 fully saturated rings. The lowest BCUT2D eigenvalue weighted by molar-refractivity contribution is -0.126. The summed E-state index contributed by atoms with van der Waals surface area (Å²) in [6.07, 6.45) is 6.85. The van der Waals surface area contributed by atoms with Crippen molar-refractivity contribution in [3.63, 3.8) is 0 Å². The molecule has 0 saturated carbocycles. The minimum absolute atomic E-state index is 0.159. The van der Waals surface area contributed by atoms with E-state index in [0.29, 0.717) is 5.92 Å². The summed E-state index contributed by atoms with van der Waals surface area (Å²) in [5.41, 5.74) is 1.70. The maximum absolute atomic E-state index is 13.8. The SMILES string of the molecule is COc1ccc(-n2ccnc2[C@@H]2C[C@H]3CN(c4ccccc4)C(=O)[C@]34CCCN24)cc1. The van der Waals surface area contributed by atoms with Crippen molar-refractivity contribution in [2.24, 2.45) is 5.92 Å². The van der Waals surface area contributed by atoms with E-state index in [9.17, 15) is 4.79 Å². The van der Waals surface area contributed by atoms with Crippen LogP contribution >= 0.6 is 0 Å². The molecular formula is C25H26N4O2. The largest absolute Gasteiger partial charge is 0.497 e. The van der Waals surface area contributed by atoms with Crippen molar-refractivity contribution < 1.29 is 9.53 Å². The van der Waals surface area contributed by atoms with Gasteiger partial charge in [-0.2, -0.15) is 0 Å². The fourth-order valence-corrected chi connectivity index (χ4v) is 6.09. The van der Waals surface area contributed by atoms with E-state index < -0.39 is 0 Å². The highest BCUT2D eigenvalue weighted by molar-refractivity contribution is 6.03.